The lowest BCUT2D eigenvalue weighted by Gasteiger charge is -2.25. The fraction of sp³-hybridized carbons (Fsp3) is 0.276. The maximum Gasteiger partial charge on any atom is 0.296 e. The number of aromatic hydroxyl groups is 1. The van der Waals surface area contributed by atoms with Crippen LogP contribution in [0.3, 0.4) is 0 Å². The number of aryl methyl sites for hydroxylation is 2. The van der Waals surface area contributed by atoms with Crippen LogP contribution < -0.4 is 5.56 Å². The Morgan fingerprint density at radius 1 is 1.10 bits per heavy atom. The maximum absolute atomic E-state index is 13.7. The van der Waals surface area contributed by atoms with Gasteiger partial charge in [-0.05, 0) is 48.2 Å². The van der Waals surface area contributed by atoms with Crippen LogP contribution in [-0.4, -0.2) is 41.8 Å². The van der Waals surface area contributed by atoms with E-state index in [0.29, 0.717) is 29.5 Å². The van der Waals surface area contributed by atoms with E-state index in [2.05, 4.69) is 9.97 Å². The second-order valence-corrected chi connectivity index (χ2v) is 11.1. The van der Waals surface area contributed by atoms with Gasteiger partial charge < -0.3 is 9.84 Å². The van der Waals surface area contributed by atoms with E-state index < -0.39 is 38.2 Å². The van der Waals surface area contributed by atoms with Gasteiger partial charge in [0.15, 0.2) is 4.90 Å². The number of ether oxygens (including phenoxy) is 1. The molecule has 10 heteroatoms. The van der Waals surface area contributed by atoms with Gasteiger partial charge in [0, 0.05) is 25.3 Å². The summed E-state index contributed by atoms with van der Waals surface area (Å²) in [6.07, 6.45) is 3.24. The molecule has 1 unspecified atom stereocenters. The molecule has 2 aromatic heterocycles. The third kappa shape index (κ3) is 5.76. The average Bonchev–Trinajstić information content (AvgIpc) is 2.91. The number of rotatable bonds is 10. The Hall–Kier alpha value is -3.89. The van der Waals surface area contributed by atoms with Crippen LogP contribution in [0.2, 0.25) is 0 Å². The normalized spacial score (nSPS) is 12.4. The highest BCUT2D eigenvalue weighted by Crippen LogP contribution is 2.33. The van der Waals surface area contributed by atoms with Gasteiger partial charge in [-0.2, -0.15) is 9.37 Å². The Kier molecular flexibility index (Phi) is 8.57. The predicted octanol–water partition coefficient (Wildman–Crippen LogP) is 4.87. The number of nitrogens with zero attached hydrogens (tertiary/aromatic N) is 3. The van der Waals surface area contributed by atoms with Crippen molar-refractivity contribution in [3.8, 4) is 17.0 Å². The van der Waals surface area contributed by atoms with Gasteiger partial charge in [0.25, 0.3) is 5.56 Å². The molecule has 0 aliphatic rings. The summed E-state index contributed by atoms with van der Waals surface area (Å²) in [6.45, 7) is 3.82. The van der Waals surface area contributed by atoms with Crippen LogP contribution in [0.1, 0.15) is 42.8 Å². The molecular formula is C29H30FN3O5S. The topological polar surface area (TPSA) is 111 Å². The van der Waals surface area contributed by atoms with E-state index in [1.165, 1.54) is 36.1 Å². The van der Waals surface area contributed by atoms with E-state index in [0.717, 1.165) is 12.0 Å². The molecule has 8 nitrogen and oxygen atoms in total. The molecule has 0 amide bonds. The van der Waals surface area contributed by atoms with Gasteiger partial charge in [0.05, 0.1) is 17.5 Å². The molecule has 4 rings (SSSR count). The molecule has 4 aromatic rings. The lowest BCUT2D eigenvalue weighted by Crippen LogP contribution is -2.29. The molecule has 0 bridgehead atoms. The van der Waals surface area contributed by atoms with Gasteiger partial charge >= 0.3 is 0 Å². The molecular weight excluding hydrogens is 521 g/mol. The molecule has 0 aliphatic heterocycles. The number of pyridine rings is 1. The van der Waals surface area contributed by atoms with E-state index >= 15 is 0 Å². The monoisotopic (exact) mass is 551 g/mol. The Labute approximate surface area is 226 Å². The van der Waals surface area contributed by atoms with Crippen molar-refractivity contribution in [2.24, 2.45) is 0 Å². The summed E-state index contributed by atoms with van der Waals surface area (Å²) in [5.41, 5.74) is 1.63. The van der Waals surface area contributed by atoms with Crippen LogP contribution in [0.25, 0.3) is 11.1 Å². The standard InChI is InChI=1S/C29H30FN3O5S/c1-4-5-11-26-32-28(34)27(29(35)33(26)24(18-38-3)21-9-7-6-8-10-21)39(36,37)22-14-12-20(13-15-22)23-17-31-25(30)16-19(23)2/h6-10,12-17,24,35H,4-5,11,18H2,1-3H3. The molecule has 0 aliphatic carbocycles. The quantitative estimate of drug-likeness (QED) is 0.280. The first kappa shape index (κ1) is 28.1. The summed E-state index contributed by atoms with van der Waals surface area (Å²) >= 11 is 0. The average molecular weight is 552 g/mol. The van der Waals surface area contributed by atoms with Gasteiger partial charge in [-0.25, -0.2) is 13.4 Å². The summed E-state index contributed by atoms with van der Waals surface area (Å²) in [4.78, 5) is 20.0. The van der Waals surface area contributed by atoms with E-state index in [4.69, 9.17) is 4.74 Å². The van der Waals surface area contributed by atoms with Crippen molar-refractivity contribution in [1.29, 1.82) is 0 Å². The number of benzene rings is 2. The van der Waals surface area contributed by atoms with Gasteiger partial charge in [-0.15, -0.1) is 0 Å². The summed E-state index contributed by atoms with van der Waals surface area (Å²) in [5.74, 6) is -1.02. The smallest absolute Gasteiger partial charge is 0.296 e. The second kappa shape index (κ2) is 11.9. The van der Waals surface area contributed by atoms with Crippen LogP contribution in [0.15, 0.2) is 81.4 Å². The zero-order valence-electron chi connectivity index (χ0n) is 22.0. The molecule has 204 valence electrons. The van der Waals surface area contributed by atoms with Crippen molar-refractivity contribution in [3.63, 3.8) is 0 Å². The van der Waals surface area contributed by atoms with Crippen molar-refractivity contribution in [2.75, 3.05) is 13.7 Å². The third-order valence-electron chi connectivity index (χ3n) is 6.53. The minimum atomic E-state index is -4.47. The number of aromatic nitrogens is 3. The zero-order valence-corrected chi connectivity index (χ0v) is 22.8. The highest BCUT2D eigenvalue weighted by atomic mass is 32.2. The summed E-state index contributed by atoms with van der Waals surface area (Å²) in [6, 6.07) is 15.6. The Balaban J connectivity index is 1.86. The minimum Gasteiger partial charge on any atom is -0.493 e. The second-order valence-electron chi connectivity index (χ2n) is 9.19. The molecule has 1 atom stereocenters. The minimum absolute atomic E-state index is 0.112. The number of halogens is 1. The Morgan fingerprint density at radius 2 is 1.79 bits per heavy atom. The number of hydrogen-bond acceptors (Lipinski definition) is 7. The first-order valence-corrected chi connectivity index (χ1v) is 14.0. The van der Waals surface area contributed by atoms with E-state index in [9.17, 15) is 22.7 Å². The number of unbranched alkanes of at least 4 members (excludes halogenated alkanes) is 1. The SMILES string of the molecule is CCCCc1nc(=O)c(S(=O)(=O)c2ccc(-c3cnc(F)cc3C)cc2)c(O)n1C(COC)c1ccccc1. The molecule has 0 fully saturated rings. The van der Waals surface area contributed by atoms with Gasteiger partial charge in [-0.1, -0.05) is 55.8 Å². The fourth-order valence-electron chi connectivity index (χ4n) is 4.53. The van der Waals surface area contributed by atoms with Gasteiger partial charge in [0.1, 0.15) is 5.82 Å². The van der Waals surface area contributed by atoms with Crippen LogP contribution in [0.4, 0.5) is 4.39 Å². The van der Waals surface area contributed by atoms with Crippen LogP contribution in [0, 0.1) is 12.9 Å². The van der Waals surface area contributed by atoms with Gasteiger partial charge in [-0.3, -0.25) is 9.36 Å². The molecule has 0 saturated carbocycles. The van der Waals surface area contributed by atoms with E-state index in [-0.39, 0.29) is 17.3 Å². The van der Waals surface area contributed by atoms with Crippen LogP contribution >= 0.6 is 0 Å². The number of sulfone groups is 1. The fourth-order valence-corrected chi connectivity index (χ4v) is 5.88. The van der Waals surface area contributed by atoms with Crippen molar-refractivity contribution in [2.45, 2.75) is 48.9 Å². The van der Waals surface area contributed by atoms with Crippen LogP contribution in [-0.2, 0) is 21.0 Å². The van der Waals surface area contributed by atoms with E-state index in [1.54, 1.807) is 19.1 Å². The lowest BCUT2D eigenvalue weighted by atomic mass is 10.0. The summed E-state index contributed by atoms with van der Waals surface area (Å²) < 4.78 is 47.7. The first-order chi connectivity index (χ1) is 18.7. The Morgan fingerprint density at radius 3 is 2.41 bits per heavy atom. The van der Waals surface area contributed by atoms with Crippen molar-refractivity contribution < 1.29 is 22.7 Å². The first-order valence-electron chi connectivity index (χ1n) is 12.5. The van der Waals surface area contributed by atoms with Crippen molar-refractivity contribution in [1.82, 2.24) is 14.5 Å². The highest BCUT2D eigenvalue weighted by Gasteiger charge is 2.32. The molecule has 39 heavy (non-hydrogen) atoms. The molecule has 1 N–H and O–H groups in total. The summed E-state index contributed by atoms with van der Waals surface area (Å²) in [7, 11) is -2.96. The Bertz CT molecular complexity index is 1620. The maximum atomic E-state index is 13.7. The highest BCUT2D eigenvalue weighted by molar-refractivity contribution is 7.91. The number of hydrogen-bond donors (Lipinski definition) is 1. The largest absolute Gasteiger partial charge is 0.493 e. The molecule has 2 aromatic carbocycles. The zero-order chi connectivity index (χ0) is 28.2. The van der Waals surface area contributed by atoms with E-state index in [1.807, 2.05) is 37.3 Å². The number of methoxy groups -OCH3 is 1. The molecule has 2 heterocycles. The third-order valence-corrected chi connectivity index (χ3v) is 8.32. The lowest BCUT2D eigenvalue weighted by molar-refractivity contribution is 0.161. The van der Waals surface area contributed by atoms with Gasteiger partial charge in [0.2, 0.25) is 21.7 Å². The molecule has 0 spiro atoms. The molecule has 0 saturated heterocycles. The van der Waals surface area contributed by atoms with Crippen molar-refractivity contribution in [3.05, 3.63) is 100 Å². The molecule has 0 radical (unpaired) electrons. The predicted molar refractivity (Wildman–Crippen MR) is 145 cm³/mol. The summed E-state index contributed by atoms with van der Waals surface area (Å²) in [5, 5.41) is 11.4. The van der Waals surface area contributed by atoms with Crippen LogP contribution in [0.5, 0.6) is 5.88 Å². The van der Waals surface area contributed by atoms with Crippen molar-refractivity contribution >= 4 is 9.84 Å².